The van der Waals surface area contributed by atoms with Gasteiger partial charge in [0, 0.05) is 11.8 Å². The van der Waals surface area contributed by atoms with Crippen LogP contribution in [-0.4, -0.2) is 15.8 Å². The first-order chi connectivity index (χ1) is 8.09. The van der Waals surface area contributed by atoms with Crippen LogP contribution in [0.2, 0.25) is 0 Å². The summed E-state index contributed by atoms with van der Waals surface area (Å²) in [4.78, 5) is 25.8. The summed E-state index contributed by atoms with van der Waals surface area (Å²) in [5.74, 6) is -0.453. The van der Waals surface area contributed by atoms with Gasteiger partial charge in [0.15, 0.2) is 0 Å². The van der Waals surface area contributed by atoms with Gasteiger partial charge in [-0.05, 0) is 22.8 Å². The van der Waals surface area contributed by atoms with Crippen molar-refractivity contribution in [3.8, 4) is 0 Å². The van der Waals surface area contributed by atoms with Crippen molar-refractivity contribution in [3.05, 3.63) is 38.7 Å². The molecule has 0 fully saturated rings. The zero-order chi connectivity index (χ0) is 12.4. The molecule has 0 aromatic carbocycles. The molecule has 2 rings (SSSR count). The fraction of sp³-hybridized carbons (Fsp3) is 0. The topological polar surface area (TPSA) is 76.3 Å². The lowest BCUT2D eigenvalue weighted by atomic mass is 10.4. The summed E-state index contributed by atoms with van der Waals surface area (Å²) in [6.07, 6.45) is 1.07. The lowest BCUT2D eigenvalue weighted by Crippen LogP contribution is -2.19. The number of hydrogen-bond donors (Lipinski definition) is 0. The number of rotatable bonds is 3. The molecule has 0 atom stereocenters. The van der Waals surface area contributed by atoms with Gasteiger partial charge >= 0.3 is 5.00 Å². The monoisotopic (exact) mass is 289 g/mol. The maximum absolute atomic E-state index is 11.8. The Hall–Kier alpha value is -1.51. The molecule has 0 saturated carbocycles. The number of nitro groups is 1. The molecular weight excluding hydrogens is 286 g/mol. The van der Waals surface area contributed by atoms with E-state index in [0.717, 1.165) is 22.0 Å². The first-order valence-corrected chi connectivity index (χ1v) is 6.27. The lowest BCUT2D eigenvalue weighted by molar-refractivity contribution is -0.380. The van der Waals surface area contributed by atoms with Crippen molar-refractivity contribution in [2.75, 3.05) is 4.42 Å². The van der Waals surface area contributed by atoms with Crippen LogP contribution >= 0.6 is 34.5 Å². The Kier molecular flexibility index (Phi) is 3.36. The van der Waals surface area contributed by atoms with Crippen LogP contribution in [-0.2, 0) is 0 Å². The number of nitrogens with zero attached hydrogens (tertiary/aromatic N) is 3. The SMILES string of the molecule is O=C(c1cccs1)N(Cl)c1ncc([N+](=O)[O-])s1. The van der Waals surface area contributed by atoms with E-state index in [9.17, 15) is 14.9 Å². The van der Waals surface area contributed by atoms with Crippen LogP contribution in [0.4, 0.5) is 10.1 Å². The molecule has 9 heteroatoms. The molecule has 0 aliphatic carbocycles. The molecule has 0 N–H and O–H groups in total. The van der Waals surface area contributed by atoms with Crippen molar-refractivity contribution in [3.63, 3.8) is 0 Å². The Balaban J connectivity index is 2.22. The summed E-state index contributed by atoms with van der Waals surface area (Å²) in [7, 11) is 0. The van der Waals surface area contributed by atoms with E-state index >= 15 is 0 Å². The van der Waals surface area contributed by atoms with Crippen molar-refractivity contribution in [1.29, 1.82) is 0 Å². The van der Waals surface area contributed by atoms with E-state index in [1.807, 2.05) is 0 Å². The van der Waals surface area contributed by atoms with Crippen LogP contribution in [0.5, 0.6) is 0 Å². The fourth-order valence-corrected chi connectivity index (χ4v) is 2.59. The van der Waals surface area contributed by atoms with Gasteiger partial charge in [-0.3, -0.25) is 14.9 Å². The molecule has 6 nitrogen and oxygen atoms in total. The molecule has 0 bridgehead atoms. The molecular formula is C8H4ClN3O3S2. The van der Waals surface area contributed by atoms with Gasteiger partial charge in [0.25, 0.3) is 5.91 Å². The van der Waals surface area contributed by atoms with E-state index in [4.69, 9.17) is 11.8 Å². The Morgan fingerprint density at radius 3 is 2.88 bits per heavy atom. The minimum Gasteiger partial charge on any atom is -0.266 e. The van der Waals surface area contributed by atoms with Crippen LogP contribution in [0.25, 0.3) is 0 Å². The molecule has 0 aliphatic rings. The first-order valence-electron chi connectivity index (χ1n) is 4.23. The standard InChI is InChI=1S/C8H4ClN3O3S2/c9-11(7(13)5-2-1-3-16-5)8-10-4-6(17-8)12(14)15/h1-4H. The molecule has 2 aromatic rings. The van der Waals surface area contributed by atoms with Crippen molar-refractivity contribution >= 4 is 50.5 Å². The predicted molar refractivity (Wildman–Crippen MR) is 65.7 cm³/mol. The number of thiazole rings is 1. The molecule has 0 radical (unpaired) electrons. The molecule has 88 valence electrons. The molecule has 0 spiro atoms. The van der Waals surface area contributed by atoms with E-state index in [1.54, 1.807) is 17.5 Å². The summed E-state index contributed by atoms with van der Waals surface area (Å²) in [6, 6.07) is 3.33. The van der Waals surface area contributed by atoms with Crippen LogP contribution in [0.3, 0.4) is 0 Å². The van der Waals surface area contributed by atoms with Crippen molar-refractivity contribution in [2.45, 2.75) is 0 Å². The Morgan fingerprint density at radius 2 is 2.35 bits per heavy atom. The number of halogens is 1. The summed E-state index contributed by atoms with van der Waals surface area (Å²) < 4.78 is 0.781. The molecule has 2 aromatic heterocycles. The number of carbonyl (C=O) groups excluding carboxylic acids is 1. The highest BCUT2D eigenvalue weighted by Crippen LogP contribution is 2.30. The third kappa shape index (κ3) is 2.43. The highest BCUT2D eigenvalue weighted by molar-refractivity contribution is 7.19. The van der Waals surface area contributed by atoms with Crippen LogP contribution < -0.4 is 4.42 Å². The van der Waals surface area contributed by atoms with E-state index in [0.29, 0.717) is 4.88 Å². The average molecular weight is 290 g/mol. The number of hydrogen-bond acceptors (Lipinski definition) is 6. The van der Waals surface area contributed by atoms with Gasteiger partial charge in [-0.25, -0.2) is 4.98 Å². The van der Waals surface area contributed by atoms with Crippen molar-refractivity contribution in [1.82, 2.24) is 4.98 Å². The van der Waals surface area contributed by atoms with E-state index < -0.39 is 10.8 Å². The molecule has 2 heterocycles. The smallest absolute Gasteiger partial charge is 0.266 e. The second-order valence-electron chi connectivity index (χ2n) is 2.80. The summed E-state index contributed by atoms with van der Waals surface area (Å²) >= 11 is 7.76. The summed E-state index contributed by atoms with van der Waals surface area (Å²) in [5, 5.41) is 12.1. The van der Waals surface area contributed by atoms with Gasteiger partial charge in [0.2, 0.25) is 5.13 Å². The maximum Gasteiger partial charge on any atom is 0.345 e. The van der Waals surface area contributed by atoms with Crippen LogP contribution in [0, 0.1) is 10.1 Å². The number of anilines is 1. The maximum atomic E-state index is 11.8. The fourth-order valence-electron chi connectivity index (χ4n) is 1.02. The van der Waals surface area contributed by atoms with Gasteiger partial charge in [0.1, 0.15) is 6.20 Å². The summed E-state index contributed by atoms with van der Waals surface area (Å²) in [5.41, 5.74) is 0. The van der Waals surface area contributed by atoms with Crippen molar-refractivity contribution < 1.29 is 9.72 Å². The van der Waals surface area contributed by atoms with Gasteiger partial charge in [-0.15, -0.1) is 11.3 Å². The average Bonchev–Trinajstić information content (AvgIpc) is 2.97. The number of thiophene rings is 1. The van der Waals surface area contributed by atoms with Crippen LogP contribution in [0.15, 0.2) is 23.7 Å². The Labute approximate surface area is 108 Å². The normalized spacial score (nSPS) is 10.2. The zero-order valence-corrected chi connectivity index (χ0v) is 10.5. The lowest BCUT2D eigenvalue weighted by Gasteiger charge is -2.07. The second-order valence-corrected chi connectivity index (χ2v) is 5.07. The predicted octanol–water partition coefficient (Wildman–Crippen LogP) is 2.91. The Bertz CT molecular complexity index is 554. The molecule has 0 unspecified atom stereocenters. The minimum atomic E-state index is -0.582. The zero-order valence-electron chi connectivity index (χ0n) is 8.07. The quantitative estimate of drug-likeness (QED) is 0.494. The third-order valence-electron chi connectivity index (χ3n) is 1.74. The highest BCUT2D eigenvalue weighted by Gasteiger charge is 2.22. The number of amides is 1. The summed E-state index contributed by atoms with van der Waals surface area (Å²) in [6.45, 7) is 0. The van der Waals surface area contributed by atoms with Crippen molar-refractivity contribution in [2.24, 2.45) is 0 Å². The minimum absolute atomic E-state index is 0.0803. The van der Waals surface area contributed by atoms with Gasteiger partial charge in [-0.2, -0.15) is 4.42 Å². The van der Waals surface area contributed by atoms with E-state index in [1.165, 1.54) is 11.3 Å². The largest absolute Gasteiger partial charge is 0.345 e. The molecule has 0 aliphatic heterocycles. The second kappa shape index (κ2) is 4.78. The highest BCUT2D eigenvalue weighted by atomic mass is 35.5. The van der Waals surface area contributed by atoms with Gasteiger partial charge < -0.3 is 0 Å². The Morgan fingerprint density at radius 1 is 1.59 bits per heavy atom. The molecule has 0 saturated heterocycles. The first kappa shape index (κ1) is 12.0. The van der Waals surface area contributed by atoms with E-state index in [-0.39, 0.29) is 10.1 Å². The van der Waals surface area contributed by atoms with E-state index in [2.05, 4.69) is 4.98 Å². The molecule has 17 heavy (non-hydrogen) atoms. The third-order valence-corrected chi connectivity index (χ3v) is 3.95. The van der Waals surface area contributed by atoms with Crippen LogP contribution in [0.1, 0.15) is 9.67 Å². The van der Waals surface area contributed by atoms with Gasteiger partial charge in [0.05, 0.1) is 9.80 Å². The van der Waals surface area contributed by atoms with Gasteiger partial charge in [-0.1, -0.05) is 6.07 Å². The molecule has 1 amide bonds. The number of aromatic nitrogens is 1. The number of carbonyl (C=O) groups is 1.